The van der Waals surface area contributed by atoms with E-state index in [0.29, 0.717) is 16.5 Å². The van der Waals surface area contributed by atoms with Gasteiger partial charge in [-0.15, -0.1) is 0 Å². The number of methoxy groups -OCH3 is 1. The summed E-state index contributed by atoms with van der Waals surface area (Å²) in [5.41, 5.74) is 0.623. The molecule has 0 aliphatic rings. The molecule has 94 valence electrons. The Bertz CT molecular complexity index is 540. The van der Waals surface area contributed by atoms with E-state index in [2.05, 4.69) is 10.4 Å². The molecular formula is C12H12ClN3O2. The summed E-state index contributed by atoms with van der Waals surface area (Å²) in [6.07, 6.45) is 3.35. The third-order valence-electron chi connectivity index (χ3n) is 2.30. The van der Waals surface area contributed by atoms with Crippen LogP contribution in [0.2, 0.25) is 5.02 Å². The van der Waals surface area contributed by atoms with Crippen LogP contribution in [0, 0.1) is 0 Å². The van der Waals surface area contributed by atoms with Gasteiger partial charge >= 0.3 is 0 Å². The summed E-state index contributed by atoms with van der Waals surface area (Å²) in [4.78, 5) is 11.7. The maximum atomic E-state index is 11.7. The van der Waals surface area contributed by atoms with Gasteiger partial charge in [-0.2, -0.15) is 5.10 Å². The number of nitrogens with zero attached hydrogens (tertiary/aromatic N) is 2. The molecule has 1 aromatic heterocycles. The average Bonchev–Trinajstić information content (AvgIpc) is 2.82. The van der Waals surface area contributed by atoms with E-state index in [1.165, 1.54) is 7.11 Å². The van der Waals surface area contributed by atoms with Crippen molar-refractivity contribution in [3.05, 3.63) is 41.7 Å². The molecular weight excluding hydrogens is 254 g/mol. The molecule has 2 aromatic rings. The van der Waals surface area contributed by atoms with Crippen LogP contribution in [0.1, 0.15) is 0 Å². The second kappa shape index (κ2) is 5.55. The van der Waals surface area contributed by atoms with Gasteiger partial charge in [-0.1, -0.05) is 11.6 Å². The Balaban J connectivity index is 2.01. The highest BCUT2D eigenvalue weighted by molar-refractivity contribution is 6.32. The first-order valence-electron chi connectivity index (χ1n) is 5.30. The van der Waals surface area contributed by atoms with Crippen LogP contribution in [0.4, 0.5) is 5.69 Å². The van der Waals surface area contributed by atoms with Gasteiger partial charge < -0.3 is 10.1 Å². The van der Waals surface area contributed by atoms with E-state index in [9.17, 15) is 4.79 Å². The van der Waals surface area contributed by atoms with Crippen LogP contribution >= 0.6 is 11.6 Å². The first kappa shape index (κ1) is 12.4. The predicted octanol–water partition coefficient (Wildman–Crippen LogP) is 2.18. The second-order valence-corrected chi connectivity index (χ2v) is 4.01. The van der Waals surface area contributed by atoms with Crippen molar-refractivity contribution in [1.82, 2.24) is 9.78 Å². The normalized spacial score (nSPS) is 10.1. The number of rotatable bonds is 4. The van der Waals surface area contributed by atoms with E-state index < -0.39 is 0 Å². The minimum absolute atomic E-state index is 0.163. The van der Waals surface area contributed by atoms with Gasteiger partial charge in [0.25, 0.3) is 0 Å². The van der Waals surface area contributed by atoms with Crippen molar-refractivity contribution in [2.75, 3.05) is 12.4 Å². The zero-order chi connectivity index (χ0) is 13.0. The molecule has 5 nitrogen and oxygen atoms in total. The molecule has 0 aliphatic heterocycles. The number of halogens is 1. The first-order chi connectivity index (χ1) is 8.69. The van der Waals surface area contributed by atoms with E-state index >= 15 is 0 Å². The molecule has 1 amide bonds. The van der Waals surface area contributed by atoms with Gasteiger partial charge in [0.2, 0.25) is 5.91 Å². The number of hydrogen-bond acceptors (Lipinski definition) is 3. The monoisotopic (exact) mass is 265 g/mol. The number of hydrogen-bond donors (Lipinski definition) is 1. The highest BCUT2D eigenvalue weighted by Crippen LogP contribution is 2.27. The van der Waals surface area contributed by atoms with Crippen molar-refractivity contribution in [3.63, 3.8) is 0 Å². The molecule has 1 N–H and O–H groups in total. The van der Waals surface area contributed by atoms with Crippen molar-refractivity contribution in [2.24, 2.45) is 0 Å². The van der Waals surface area contributed by atoms with Gasteiger partial charge in [0, 0.05) is 18.1 Å². The topological polar surface area (TPSA) is 56.1 Å². The molecule has 0 unspecified atom stereocenters. The number of amides is 1. The Kier molecular flexibility index (Phi) is 3.84. The van der Waals surface area contributed by atoms with Gasteiger partial charge in [-0.25, -0.2) is 0 Å². The summed E-state index contributed by atoms with van der Waals surface area (Å²) in [7, 11) is 1.54. The fourth-order valence-electron chi connectivity index (χ4n) is 1.49. The quantitative estimate of drug-likeness (QED) is 0.922. The number of anilines is 1. The van der Waals surface area contributed by atoms with Crippen molar-refractivity contribution < 1.29 is 9.53 Å². The molecule has 0 aliphatic carbocycles. The lowest BCUT2D eigenvalue weighted by Gasteiger charge is -2.08. The highest BCUT2D eigenvalue weighted by atomic mass is 35.5. The third-order valence-corrected chi connectivity index (χ3v) is 2.60. The van der Waals surface area contributed by atoms with Crippen LogP contribution in [-0.4, -0.2) is 22.8 Å². The van der Waals surface area contributed by atoms with E-state index in [-0.39, 0.29) is 12.5 Å². The standard InChI is InChI=1S/C12H12ClN3O2/c1-18-11-4-3-9(7-10(11)13)15-12(17)8-16-6-2-5-14-16/h2-7H,8H2,1H3,(H,15,17). The maximum Gasteiger partial charge on any atom is 0.246 e. The SMILES string of the molecule is COc1ccc(NC(=O)Cn2cccn2)cc1Cl. The van der Waals surface area contributed by atoms with Crippen LogP contribution in [0.3, 0.4) is 0 Å². The lowest BCUT2D eigenvalue weighted by atomic mass is 10.3. The Morgan fingerprint density at radius 3 is 3.00 bits per heavy atom. The van der Waals surface area contributed by atoms with Crippen molar-refractivity contribution in [3.8, 4) is 5.75 Å². The lowest BCUT2D eigenvalue weighted by molar-refractivity contribution is -0.116. The summed E-state index contributed by atoms with van der Waals surface area (Å²) in [5.74, 6) is 0.404. The minimum atomic E-state index is -0.167. The highest BCUT2D eigenvalue weighted by Gasteiger charge is 2.06. The van der Waals surface area contributed by atoms with Gasteiger partial charge in [0.05, 0.1) is 12.1 Å². The molecule has 18 heavy (non-hydrogen) atoms. The zero-order valence-electron chi connectivity index (χ0n) is 9.76. The molecule has 0 saturated carbocycles. The molecule has 0 atom stereocenters. The van der Waals surface area contributed by atoms with Crippen LogP contribution in [0.5, 0.6) is 5.75 Å². The lowest BCUT2D eigenvalue weighted by Crippen LogP contribution is -2.18. The summed E-state index contributed by atoms with van der Waals surface area (Å²) in [6, 6.07) is 6.83. The summed E-state index contributed by atoms with van der Waals surface area (Å²) in [6.45, 7) is 0.163. The van der Waals surface area contributed by atoms with E-state index in [0.717, 1.165) is 0 Å². The predicted molar refractivity (Wildman–Crippen MR) is 68.9 cm³/mol. The van der Waals surface area contributed by atoms with Crippen LogP contribution in [-0.2, 0) is 11.3 Å². The zero-order valence-corrected chi connectivity index (χ0v) is 10.5. The van der Waals surface area contributed by atoms with E-state index in [1.807, 2.05) is 0 Å². The van der Waals surface area contributed by atoms with E-state index in [4.69, 9.17) is 16.3 Å². The number of nitrogens with one attached hydrogen (secondary N) is 1. The average molecular weight is 266 g/mol. The Hall–Kier alpha value is -2.01. The van der Waals surface area contributed by atoms with Gasteiger partial charge in [0.15, 0.2) is 0 Å². The largest absolute Gasteiger partial charge is 0.495 e. The molecule has 0 saturated heterocycles. The fraction of sp³-hybridized carbons (Fsp3) is 0.167. The molecule has 1 heterocycles. The van der Waals surface area contributed by atoms with Crippen LogP contribution in [0.15, 0.2) is 36.7 Å². The van der Waals surface area contributed by atoms with Crippen molar-refractivity contribution >= 4 is 23.2 Å². The van der Waals surface area contributed by atoms with Crippen LogP contribution in [0.25, 0.3) is 0 Å². The molecule has 6 heteroatoms. The number of aromatic nitrogens is 2. The minimum Gasteiger partial charge on any atom is -0.495 e. The molecule has 0 bridgehead atoms. The Labute approximate surface area is 109 Å². The van der Waals surface area contributed by atoms with Gasteiger partial charge in [-0.3, -0.25) is 9.48 Å². The smallest absolute Gasteiger partial charge is 0.246 e. The van der Waals surface area contributed by atoms with Gasteiger partial charge in [-0.05, 0) is 24.3 Å². The first-order valence-corrected chi connectivity index (χ1v) is 5.67. The maximum absolute atomic E-state index is 11.7. The molecule has 0 fully saturated rings. The summed E-state index contributed by atoms with van der Waals surface area (Å²) in [5, 5.41) is 7.14. The number of carbonyl (C=O) groups excluding carboxylic acids is 1. The Morgan fingerprint density at radius 2 is 2.39 bits per heavy atom. The number of carbonyl (C=O) groups is 1. The fourth-order valence-corrected chi connectivity index (χ4v) is 1.74. The van der Waals surface area contributed by atoms with Crippen molar-refractivity contribution in [2.45, 2.75) is 6.54 Å². The second-order valence-electron chi connectivity index (χ2n) is 3.60. The van der Waals surface area contributed by atoms with Crippen LogP contribution < -0.4 is 10.1 Å². The third kappa shape index (κ3) is 3.01. The molecule has 1 aromatic carbocycles. The molecule has 2 rings (SSSR count). The number of ether oxygens (including phenoxy) is 1. The van der Waals surface area contributed by atoms with Crippen molar-refractivity contribution in [1.29, 1.82) is 0 Å². The van der Waals surface area contributed by atoms with E-state index in [1.54, 1.807) is 41.3 Å². The molecule has 0 spiro atoms. The van der Waals surface area contributed by atoms with Gasteiger partial charge in [0.1, 0.15) is 12.3 Å². The summed E-state index contributed by atoms with van der Waals surface area (Å²) < 4.78 is 6.57. The summed E-state index contributed by atoms with van der Waals surface area (Å²) >= 11 is 5.96. The molecule has 0 radical (unpaired) electrons. The number of benzene rings is 1. The Morgan fingerprint density at radius 1 is 1.56 bits per heavy atom.